The lowest BCUT2D eigenvalue weighted by Crippen LogP contribution is -2.45. The highest BCUT2D eigenvalue weighted by Gasteiger charge is 2.25. The number of rotatable bonds is 6. The van der Waals surface area contributed by atoms with Gasteiger partial charge in [-0.05, 0) is 42.2 Å². The normalized spacial score (nSPS) is 18.4. The molecule has 0 radical (unpaired) electrons. The minimum Gasteiger partial charge on any atom is -0.472 e. The lowest BCUT2D eigenvalue weighted by atomic mass is 9.92. The van der Waals surface area contributed by atoms with Crippen molar-refractivity contribution in [2.45, 2.75) is 44.4 Å². The first-order valence-electron chi connectivity index (χ1n) is 10.5. The second kappa shape index (κ2) is 9.94. The molecule has 1 fully saturated rings. The zero-order valence-corrected chi connectivity index (χ0v) is 17.9. The van der Waals surface area contributed by atoms with E-state index < -0.39 is 6.10 Å². The Bertz CT molecular complexity index is 1020. The van der Waals surface area contributed by atoms with Crippen LogP contribution in [0.4, 0.5) is 0 Å². The number of aliphatic hydroxyl groups is 1. The van der Waals surface area contributed by atoms with Crippen LogP contribution >= 0.6 is 11.6 Å². The van der Waals surface area contributed by atoms with E-state index in [1.54, 1.807) is 18.2 Å². The lowest BCUT2D eigenvalue weighted by molar-refractivity contribution is 0.0717. The summed E-state index contributed by atoms with van der Waals surface area (Å²) in [6.45, 7) is 0.369. The number of carbonyl (C=O) groups is 1. The summed E-state index contributed by atoms with van der Waals surface area (Å²) in [7, 11) is 0. The van der Waals surface area contributed by atoms with Crippen molar-refractivity contribution in [3.05, 3.63) is 83.0 Å². The van der Waals surface area contributed by atoms with Gasteiger partial charge in [0.2, 0.25) is 5.88 Å². The number of hydrogen-bond acceptors (Lipinski definition) is 4. The summed E-state index contributed by atoms with van der Waals surface area (Å²) >= 11 is 6.05. The summed E-state index contributed by atoms with van der Waals surface area (Å²) < 4.78 is 5.99. The molecule has 1 amide bonds. The number of ether oxygens (including phenoxy) is 1. The first-order valence-corrected chi connectivity index (χ1v) is 10.9. The van der Waals surface area contributed by atoms with Crippen LogP contribution in [0.1, 0.15) is 41.6 Å². The quantitative estimate of drug-likeness (QED) is 0.569. The average Bonchev–Trinajstić information content (AvgIpc) is 2.80. The van der Waals surface area contributed by atoms with Crippen LogP contribution in [0.25, 0.3) is 11.1 Å². The van der Waals surface area contributed by atoms with Gasteiger partial charge in [-0.2, -0.15) is 0 Å². The van der Waals surface area contributed by atoms with Gasteiger partial charge < -0.3 is 15.2 Å². The lowest BCUT2D eigenvalue weighted by Gasteiger charge is -2.28. The molecule has 1 aliphatic rings. The number of hydrogen-bond donors (Lipinski definition) is 2. The Labute approximate surface area is 187 Å². The molecule has 2 atom stereocenters. The molecule has 2 aromatic carbocycles. The molecule has 4 rings (SSSR count). The number of halogens is 1. The molecule has 1 aromatic heterocycles. The summed E-state index contributed by atoms with van der Waals surface area (Å²) in [6.07, 6.45) is 4.50. The molecule has 0 aliphatic heterocycles. The third-order valence-corrected chi connectivity index (χ3v) is 5.78. The van der Waals surface area contributed by atoms with Crippen molar-refractivity contribution in [2.75, 3.05) is 0 Å². The molecule has 0 saturated heterocycles. The molecule has 160 valence electrons. The number of amides is 1. The molecule has 3 aromatic rings. The molecule has 1 saturated carbocycles. The van der Waals surface area contributed by atoms with Crippen LogP contribution in [-0.2, 0) is 6.61 Å². The highest BCUT2D eigenvalue weighted by atomic mass is 35.5. The van der Waals surface area contributed by atoms with E-state index in [2.05, 4.69) is 10.3 Å². The Morgan fingerprint density at radius 2 is 1.84 bits per heavy atom. The van der Waals surface area contributed by atoms with E-state index in [1.807, 2.05) is 42.5 Å². The monoisotopic (exact) mass is 436 g/mol. The molecule has 1 heterocycles. The molecule has 0 spiro atoms. The minimum absolute atomic E-state index is 0.228. The Hall–Kier alpha value is -2.89. The second-order valence-electron chi connectivity index (χ2n) is 7.79. The third kappa shape index (κ3) is 5.43. The second-order valence-corrected chi connectivity index (χ2v) is 8.23. The number of nitrogens with zero attached hydrogens (tertiary/aromatic N) is 1. The van der Waals surface area contributed by atoms with Crippen LogP contribution in [-0.4, -0.2) is 28.1 Å². The van der Waals surface area contributed by atoms with Gasteiger partial charge in [0.1, 0.15) is 6.61 Å². The van der Waals surface area contributed by atoms with Crippen molar-refractivity contribution in [2.24, 2.45) is 0 Å². The zero-order valence-electron chi connectivity index (χ0n) is 17.1. The smallest absolute Gasteiger partial charge is 0.253 e. The van der Waals surface area contributed by atoms with Crippen molar-refractivity contribution in [3.63, 3.8) is 0 Å². The van der Waals surface area contributed by atoms with Gasteiger partial charge in [-0.15, -0.1) is 0 Å². The highest BCUT2D eigenvalue weighted by Crippen LogP contribution is 2.31. The van der Waals surface area contributed by atoms with Gasteiger partial charge in [-0.25, -0.2) is 4.98 Å². The van der Waals surface area contributed by atoms with Crippen molar-refractivity contribution in [1.82, 2.24) is 10.3 Å². The van der Waals surface area contributed by atoms with E-state index in [0.717, 1.165) is 30.4 Å². The zero-order chi connectivity index (χ0) is 21.6. The van der Waals surface area contributed by atoms with Crippen LogP contribution in [0.3, 0.4) is 0 Å². The summed E-state index contributed by atoms with van der Waals surface area (Å²) in [5, 5.41) is 13.8. The maximum absolute atomic E-state index is 12.9. The molecule has 31 heavy (non-hydrogen) atoms. The first-order chi connectivity index (χ1) is 15.1. The fourth-order valence-electron chi connectivity index (χ4n) is 3.78. The van der Waals surface area contributed by atoms with Crippen LogP contribution in [0.2, 0.25) is 5.02 Å². The van der Waals surface area contributed by atoms with E-state index in [4.69, 9.17) is 16.3 Å². The van der Waals surface area contributed by atoms with E-state index in [9.17, 15) is 9.90 Å². The Morgan fingerprint density at radius 1 is 1.10 bits per heavy atom. The maximum atomic E-state index is 12.9. The van der Waals surface area contributed by atoms with Gasteiger partial charge in [0.05, 0.1) is 17.7 Å². The molecule has 6 heteroatoms. The Balaban J connectivity index is 1.59. The van der Waals surface area contributed by atoms with Crippen molar-refractivity contribution >= 4 is 17.5 Å². The topological polar surface area (TPSA) is 71.5 Å². The van der Waals surface area contributed by atoms with Crippen LogP contribution < -0.4 is 10.1 Å². The summed E-state index contributed by atoms with van der Waals surface area (Å²) in [6, 6.07) is 18.7. The molecular formula is C25H25ClN2O3. The van der Waals surface area contributed by atoms with Crippen LogP contribution in [0, 0.1) is 0 Å². The average molecular weight is 437 g/mol. The van der Waals surface area contributed by atoms with E-state index >= 15 is 0 Å². The fourth-order valence-corrected chi connectivity index (χ4v) is 3.91. The molecule has 5 nitrogen and oxygen atoms in total. The molecule has 1 aliphatic carbocycles. The van der Waals surface area contributed by atoms with Crippen molar-refractivity contribution < 1.29 is 14.6 Å². The summed E-state index contributed by atoms with van der Waals surface area (Å²) in [5.41, 5.74) is 3.02. The Morgan fingerprint density at radius 3 is 2.58 bits per heavy atom. The predicted octanol–water partition coefficient (Wildman–Crippen LogP) is 5.01. The third-order valence-electron chi connectivity index (χ3n) is 5.53. The van der Waals surface area contributed by atoms with Gasteiger partial charge in [0.15, 0.2) is 0 Å². The van der Waals surface area contributed by atoms with Crippen LogP contribution in [0.15, 0.2) is 66.9 Å². The fraction of sp³-hybridized carbons (Fsp3) is 0.280. The number of benzene rings is 2. The molecule has 2 N–H and O–H groups in total. The standard InChI is InChI=1S/C25H25ClN2O3/c26-20-12-10-18(11-13-20)21-14-19(24(30)28-22-8-4-5-9-23(22)29)15-27-25(21)31-16-17-6-2-1-3-7-17/h1-3,6-7,10-15,22-23,29H,4-5,8-9,16H2,(H,28,30)/t22-,23-/m1/s1. The van der Waals surface area contributed by atoms with Crippen molar-refractivity contribution in [1.29, 1.82) is 0 Å². The van der Waals surface area contributed by atoms with Gasteiger partial charge in [0.25, 0.3) is 5.91 Å². The van der Waals surface area contributed by atoms with Gasteiger partial charge in [0, 0.05) is 16.8 Å². The minimum atomic E-state index is -0.505. The number of nitrogens with one attached hydrogen (secondary N) is 1. The number of aromatic nitrogens is 1. The molecule has 0 unspecified atom stereocenters. The summed E-state index contributed by atoms with van der Waals surface area (Å²) in [4.78, 5) is 17.3. The molecule has 0 bridgehead atoms. The van der Waals surface area contributed by atoms with Crippen molar-refractivity contribution in [3.8, 4) is 17.0 Å². The SMILES string of the molecule is O=C(N[C@@H]1CCCC[C@H]1O)c1cnc(OCc2ccccc2)c(-c2ccc(Cl)cc2)c1. The van der Waals surface area contributed by atoms with Gasteiger partial charge in [-0.3, -0.25) is 4.79 Å². The highest BCUT2D eigenvalue weighted by molar-refractivity contribution is 6.30. The van der Waals surface area contributed by atoms with Gasteiger partial charge >= 0.3 is 0 Å². The van der Waals surface area contributed by atoms with Gasteiger partial charge in [-0.1, -0.05) is 66.9 Å². The van der Waals surface area contributed by atoms with E-state index in [1.165, 1.54) is 6.20 Å². The number of pyridine rings is 1. The first kappa shape index (κ1) is 21.3. The van der Waals surface area contributed by atoms with E-state index in [-0.39, 0.29) is 11.9 Å². The summed E-state index contributed by atoms with van der Waals surface area (Å²) in [5.74, 6) is 0.198. The Kier molecular flexibility index (Phi) is 6.85. The van der Waals surface area contributed by atoms with Crippen LogP contribution in [0.5, 0.6) is 5.88 Å². The van der Waals surface area contributed by atoms with E-state index in [0.29, 0.717) is 35.1 Å². The molecular weight excluding hydrogens is 412 g/mol. The predicted molar refractivity (Wildman–Crippen MR) is 121 cm³/mol. The number of carbonyl (C=O) groups excluding carboxylic acids is 1. The largest absolute Gasteiger partial charge is 0.472 e. The number of aliphatic hydroxyl groups excluding tert-OH is 1. The maximum Gasteiger partial charge on any atom is 0.253 e.